The molecule has 1 N–H and O–H groups in total. The van der Waals surface area contributed by atoms with Crippen molar-refractivity contribution in [3.63, 3.8) is 0 Å². The number of aryl methyl sites for hydroxylation is 1. The minimum atomic E-state index is 0.712. The molecule has 106 valence electrons. The van der Waals surface area contributed by atoms with Crippen molar-refractivity contribution in [3.05, 3.63) is 71.4 Å². The molecule has 2 heterocycles. The zero-order valence-electron chi connectivity index (χ0n) is 11.6. The number of anilines is 1. The number of pyridine rings is 1. The largest absolute Gasteiger partial charge is 0.378 e. The lowest BCUT2D eigenvalue weighted by Gasteiger charge is -2.12. The maximum absolute atomic E-state index is 5.90. The van der Waals surface area contributed by atoms with Gasteiger partial charge in [-0.05, 0) is 36.8 Å². The van der Waals surface area contributed by atoms with Gasteiger partial charge in [0.2, 0.25) is 0 Å². The second kappa shape index (κ2) is 5.97. The summed E-state index contributed by atoms with van der Waals surface area (Å²) in [5.41, 5.74) is 2.13. The Balaban J connectivity index is 1.83. The Morgan fingerprint density at radius 1 is 1.10 bits per heavy atom. The van der Waals surface area contributed by atoms with E-state index in [-0.39, 0.29) is 0 Å². The molecule has 0 radical (unpaired) electrons. The zero-order valence-corrected chi connectivity index (χ0v) is 12.4. The molecule has 0 unspecified atom stereocenters. The number of hydrogen-bond acceptors (Lipinski definition) is 3. The smallest absolute Gasteiger partial charge is 0.161 e. The molecule has 0 spiro atoms. The molecule has 0 saturated carbocycles. The van der Waals surface area contributed by atoms with Crippen LogP contribution >= 0.6 is 11.6 Å². The fourth-order valence-electron chi connectivity index (χ4n) is 2.13. The SMILES string of the molecule is Cc1nccn1-c1ncccc1NCc1ccc(Cl)cc1. The third-order valence-electron chi connectivity index (χ3n) is 3.24. The number of rotatable bonds is 4. The molecule has 21 heavy (non-hydrogen) atoms. The third-order valence-corrected chi connectivity index (χ3v) is 3.49. The van der Waals surface area contributed by atoms with Crippen LogP contribution in [-0.4, -0.2) is 14.5 Å². The lowest BCUT2D eigenvalue weighted by atomic mass is 10.2. The molecule has 3 rings (SSSR count). The lowest BCUT2D eigenvalue weighted by molar-refractivity contribution is 0.929. The van der Waals surface area contributed by atoms with Crippen LogP contribution in [-0.2, 0) is 6.54 Å². The van der Waals surface area contributed by atoms with Crippen molar-refractivity contribution in [2.75, 3.05) is 5.32 Å². The Hall–Kier alpha value is -2.33. The third kappa shape index (κ3) is 3.06. The molecule has 0 atom stereocenters. The van der Waals surface area contributed by atoms with Crippen LogP contribution in [0.3, 0.4) is 0 Å². The second-order valence-corrected chi connectivity index (χ2v) is 5.14. The van der Waals surface area contributed by atoms with E-state index in [0.717, 1.165) is 27.9 Å². The van der Waals surface area contributed by atoms with Crippen LogP contribution in [0.2, 0.25) is 5.02 Å². The normalized spacial score (nSPS) is 10.6. The maximum Gasteiger partial charge on any atom is 0.161 e. The van der Waals surface area contributed by atoms with Crippen molar-refractivity contribution in [1.29, 1.82) is 0 Å². The molecule has 0 aliphatic rings. The topological polar surface area (TPSA) is 42.7 Å². The molecule has 0 amide bonds. The summed E-state index contributed by atoms with van der Waals surface area (Å²) in [5, 5.41) is 4.16. The van der Waals surface area contributed by atoms with E-state index in [9.17, 15) is 0 Å². The molecule has 0 bridgehead atoms. The van der Waals surface area contributed by atoms with Gasteiger partial charge in [-0.25, -0.2) is 9.97 Å². The number of halogens is 1. The highest BCUT2D eigenvalue weighted by Crippen LogP contribution is 2.19. The molecule has 0 fully saturated rings. The first kappa shape index (κ1) is 13.6. The highest BCUT2D eigenvalue weighted by molar-refractivity contribution is 6.30. The van der Waals surface area contributed by atoms with E-state index in [1.54, 1.807) is 12.4 Å². The van der Waals surface area contributed by atoms with E-state index in [1.165, 1.54) is 0 Å². The van der Waals surface area contributed by atoms with Gasteiger partial charge in [0, 0.05) is 30.2 Å². The van der Waals surface area contributed by atoms with E-state index < -0.39 is 0 Å². The minimum absolute atomic E-state index is 0.712. The molecular formula is C16H15ClN4. The van der Waals surface area contributed by atoms with Gasteiger partial charge in [-0.2, -0.15) is 0 Å². The van der Waals surface area contributed by atoms with Crippen LogP contribution in [0.25, 0.3) is 5.82 Å². The molecule has 5 heteroatoms. The van der Waals surface area contributed by atoms with Crippen LogP contribution in [0, 0.1) is 6.92 Å². The number of aromatic nitrogens is 3. The molecule has 0 aliphatic carbocycles. The summed E-state index contributed by atoms with van der Waals surface area (Å²) in [6, 6.07) is 11.7. The molecule has 2 aromatic heterocycles. The maximum atomic E-state index is 5.90. The lowest BCUT2D eigenvalue weighted by Crippen LogP contribution is -2.06. The van der Waals surface area contributed by atoms with Gasteiger partial charge in [-0.1, -0.05) is 23.7 Å². The number of nitrogens with one attached hydrogen (secondary N) is 1. The van der Waals surface area contributed by atoms with Crippen molar-refractivity contribution in [3.8, 4) is 5.82 Å². The van der Waals surface area contributed by atoms with Gasteiger partial charge in [0.05, 0.1) is 5.69 Å². The fourth-order valence-corrected chi connectivity index (χ4v) is 2.25. The summed E-state index contributed by atoms with van der Waals surface area (Å²) in [6.07, 6.45) is 5.46. The molecule has 0 aliphatic heterocycles. The Morgan fingerprint density at radius 2 is 1.90 bits per heavy atom. The molecule has 0 saturated heterocycles. The van der Waals surface area contributed by atoms with Gasteiger partial charge < -0.3 is 5.32 Å². The van der Waals surface area contributed by atoms with E-state index in [2.05, 4.69) is 15.3 Å². The van der Waals surface area contributed by atoms with Gasteiger partial charge in [-0.3, -0.25) is 4.57 Å². The molecule has 4 nitrogen and oxygen atoms in total. The van der Waals surface area contributed by atoms with E-state index in [1.807, 2.05) is 54.1 Å². The molecular weight excluding hydrogens is 284 g/mol. The monoisotopic (exact) mass is 298 g/mol. The Bertz CT molecular complexity index is 734. The average Bonchev–Trinajstić information content (AvgIpc) is 2.93. The summed E-state index contributed by atoms with van der Waals surface area (Å²) >= 11 is 5.90. The number of hydrogen-bond donors (Lipinski definition) is 1. The quantitative estimate of drug-likeness (QED) is 0.796. The van der Waals surface area contributed by atoms with Crippen molar-refractivity contribution in [1.82, 2.24) is 14.5 Å². The number of imidazole rings is 1. The van der Waals surface area contributed by atoms with Crippen LogP contribution in [0.1, 0.15) is 11.4 Å². The van der Waals surface area contributed by atoms with E-state index in [0.29, 0.717) is 6.54 Å². The standard InChI is InChI=1S/C16H15ClN4/c1-12-18-9-10-21(12)16-15(3-2-8-19-16)20-11-13-4-6-14(17)7-5-13/h2-10,20H,11H2,1H3. The van der Waals surface area contributed by atoms with Gasteiger partial charge in [0.25, 0.3) is 0 Å². The highest BCUT2D eigenvalue weighted by Gasteiger charge is 2.07. The number of benzene rings is 1. The van der Waals surface area contributed by atoms with Crippen LogP contribution in [0.15, 0.2) is 55.0 Å². The fraction of sp³-hybridized carbons (Fsp3) is 0.125. The van der Waals surface area contributed by atoms with Gasteiger partial charge in [-0.15, -0.1) is 0 Å². The Morgan fingerprint density at radius 3 is 2.62 bits per heavy atom. The average molecular weight is 299 g/mol. The van der Waals surface area contributed by atoms with Gasteiger partial charge in [0.1, 0.15) is 5.82 Å². The summed E-state index contributed by atoms with van der Waals surface area (Å²) in [5.74, 6) is 1.75. The number of nitrogens with zero attached hydrogens (tertiary/aromatic N) is 3. The minimum Gasteiger partial charge on any atom is -0.378 e. The summed E-state index contributed by atoms with van der Waals surface area (Å²) in [7, 11) is 0. The first-order valence-electron chi connectivity index (χ1n) is 6.68. The molecule has 3 aromatic rings. The van der Waals surface area contributed by atoms with Gasteiger partial charge in [0.15, 0.2) is 5.82 Å². The van der Waals surface area contributed by atoms with Crippen molar-refractivity contribution in [2.45, 2.75) is 13.5 Å². The summed E-state index contributed by atoms with van der Waals surface area (Å²) in [6.45, 7) is 2.67. The summed E-state index contributed by atoms with van der Waals surface area (Å²) < 4.78 is 1.96. The van der Waals surface area contributed by atoms with E-state index >= 15 is 0 Å². The molecule has 1 aromatic carbocycles. The highest BCUT2D eigenvalue weighted by atomic mass is 35.5. The predicted molar refractivity (Wildman–Crippen MR) is 84.9 cm³/mol. The van der Waals surface area contributed by atoms with Crippen molar-refractivity contribution >= 4 is 17.3 Å². The van der Waals surface area contributed by atoms with Crippen molar-refractivity contribution < 1.29 is 0 Å². The van der Waals surface area contributed by atoms with Crippen LogP contribution < -0.4 is 5.32 Å². The zero-order chi connectivity index (χ0) is 14.7. The van der Waals surface area contributed by atoms with Crippen LogP contribution in [0.4, 0.5) is 5.69 Å². The Labute approximate surface area is 128 Å². The summed E-state index contributed by atoms with van der Waals surface area (Å²) in [4.78, 5) is 8.69. The second-order valence-electron chi connectivity index (χ2n) is 4.70. The Kier molecular flexibility index (Phi) is 3.88. The van der Waals surface area contributed by atoms with Gasteiger partial charge >= 0.3 is 0 Å². The first-order valence-corrected chi connectivity index (χ1v) is 7.05. The van der Waals surface area contributed by atoms with Crippen molar-refractivity contribution in [2.24, 2.45) is 0 Å². The predicted octanol–water partition coefficient (Wildman–Crippen LogP) is 3.84. The first-order chi connectivity index (χ1) is 10.2. The van der Waals surface area contributed by atoms with E-state index in [4.69, 9.17) is 11.6 Å². The van der Waals surface area contributed by atoms with Crippen LogP contribution in [0.5, 0.6) is 0 Å².